The Bertz CT molecular complexity index is 863. The molecule has 2 rings (SSSR count). The molecule has 2 aromatic carbocycles. The third-order valence-electron chi connectivity index (χ3n) is 3.81. The van der Waals surface area contributed by atoms with Crippen LogP contribution in [0.15, 0.2) is 36.4 Å². The predicted octanol–water partition coefficient (Wildman–Crippen LogP) is 4.58. The average molecular weight is 465 g/mol. The van der Waals surface area contributed by atoms with Crippen molar-refractivity contribution in [1.29, 1.82) is 0 Å². The average Bonchev–Trinajstić information content (AvgIpc) is 2.62. The fourth-order valence-corrected chi connectivity index (χ4v) is 4.10. The van der Waals surface area contributed by atoms with E-state index in [-0.39, 0.29) is 31.5 Å². The summed E-state index contributed by atoms with van der Waals surface area (Å²) in [5, 5.41) is 18.8. The Kier molecular flexibility index (Phi) is 9.40. The highest BCUT2D eigenvalue weighted by molar-refractivity contribution is 7.44. The second-order valence-electron chi connectivity index (χ2n) is 6.27. The number of carboxylic acid groups (broad SMARTS) is 1. The van der Waals surface area contributed by atoms with Gasteiger partial charge in [-0.1, -0.05) is 35.3 Å². The van der Waals surface area contributed by atoms with Crippen molar-refractivity contribution in [3.05, 3.63) is 63.4 Å². The molecule has 29 heavy (non-hydrogen) atoms. The van der Waals surface area contributed by atoms with Gasteiger partial charge in [0.2, 0.25) is 0 Å². The molecule has 2 aromatic rings. The maximum atomic E-state index is 13.0. The normalized spacial score (nSPS) is 13.1. The number of ether oxygens (including phenoxy) is 2. The van der Waals surface area contributed by atoms with Gasteiger partial charge in [0.15, 0.2) is 0 Å². The topological polar surface area (TPSA) is 93.1 Å². The van der Waals surface area contributed by atoms with Gasteiger partial charge in [-0.2, -0.15) is 0 Å². The van der Waals surface area contributed by atoms with E-state index in [1.807, 2.05) is 0 Å². The van der Waals surface area contributed by atoms with E-state index in [1.165, 1.54) is 18.2 Å². The summed E-state index contributed by atoms with van der Waals surface area (Å²) in [6, 6.07) is 8.91. The van der Waals surface area contributed by atoms with Gasteiger partial charge in [-0.05, 0) is 29.8 Å². The summed E-state index contributed by atoms with van der Waals surface area (Å²) in [4.78, 5) is 10.5. The molecule has 0 heterocycles. The number of aliphatic hydroxyl groups excluding tert-OH is 1. The van der Waals surface area contributed by atoms with Crippen LogP contribution in [0.1, 0.15) is 17.5 Å². The molecule has 0 radical (unpaired) electrons. The van der Waals surface area contributed by atoms with Gasteiger partial charge in [-0.25, -0.2) is 4.39 Å². The van der Waals surface area contributed by atoms with Crippen molar-refractivity contribution in [2.24, 2.45) is 0 Å². The SMILES string of the molecule is O=C(O)C[C@H](O)C[PH](=O)COCc1c(Cl)cc(Cl)cc1OCc1ccc(F)cc1. The van der Waals surface area contributed by atoms with E-state index >= 15 is 0 Å². The van der Waals surface area contributed by atoms with Crippen LogP contribution in [0.25, 0.3) is 0 Å². The van der Waals surface area contributed by atoms with E-state index in [9.17, 15) is 18.9 Å². The highest BCUT2D eigenvalue weighted by Crippen LogP contribution is 2.33. The molecule has 0 spiro atoms. The van der Waals surface area contributed by atoms with E-state index in [4.69, 9.17) is 37.8 Å². The monoisotopic (exact) mass is 464 g/mol. The lowest BCUT2D eigenvalue weighted by atomic mass is 10.2. The summed E-state index contributed by atoms with van der Waals surface area (Å²) < 4.78 is 36.2. The van der Waals surface area contributed by atoms with Gasteiger partial charge >= 0.3 is 5.97 Å². The molecule has 0 fully saturated rings. The Balaban J connectivity index is 1.96. The largest absolute Gasteiger partial charge is 0.488 e. The van der Waals surface area contributed by atoms with E-state index in [1.54, 1.807) is 18.2 Å². The fourth-order valence-electron chi connectivity index (χ4n) is 2.45. The molecule has 0 saturated carbocycles. The van der Waals surface area contributed by atoms with Crippen molar-refractivity contribution in [1.82, 2.24) is 0 Å². The summed E-state index contributed by atoms with van der Waals surface area (Å²) in [5.41, 5.74) is 1.24. The maximum Gasteiger partial charge on any atom is 0.305 e. The molecule has 158 valence electrons. The summed E-state index contributed by atoms with van der Waals surface area (Å²) in [6.07, 6.45) is -1.94. The molecule has 6 nitrogen and oxygen atoms in total. The Labute approximate surface area is 177 Å². The van der Waals surface area contributed by atoms with E-state index in [2.05, 4.69) is 0 Å². The quantitative estimate of drug-likeness (QED) is 0.472. The van der Waals surface area contributed by atoms with Gasteiger partial charge in [0.25, 0.3) is 0 Å². The number of benzene rings is 2. The molecule has 0 amide bonds. The van der Waals surface area contributed by atoms with Crippen LogP contribution < -0.4 is 4.74 Å². The standard InChI is InChI=1S/C19H20Cl2FO6P/c20-13-5-17(21)16(9-27-11-29(26)10-15(23)7-19(24)25)18(6-13)28-8-12-1-3-14(22)4-2-12/h1-6,15,23,29H,7-11H2,(H,24,25)/t15-/m0/s1. The van der Waals surface area contributed by atoms with Crippen molar-refractivity contribution in [3.8, 4) is 5.75 Å². The first-order valence-corrected chi connectivity index (χ1v) is 11.2. The van der Waals surface area contributed by atoms with Gasteiger partial charge in [0, 0.05) is 16.7 Å². The molecular weight excluding hydrogens is 445 g/mol. The molecule has 2 atom stereocenters. The summed E-state index contributed by atoms with van der Waals surface area (Å²) in [7, 11) is -2.33. The van der Waals surface area contributed by atoms with E-state index < -0.39 is 26.3 Å². The van der Waals surface area contributed by atoms with Crippen molar-refractivity contribution in [2.75, 3.05) is 12.5 Å². The first-order valence-electron chi connectivity index (χ1n) is 8.59. The molecule has 0 aromatic heterocycles. The highest BCUT2D eigenvalue weighted by atomic mass is 35.5. The Morgan fingerprint density at radius 2 is 1.86 bits per heavy atom. The lowest BCUT2D eigenvalue weighted by Crippen LogP contribution is -2.16. The van der Waals surface area contributed by atoms with Crippen LogP contribution in [0.2, 0.25) is 10.0 Å². The van der Waals surface area contributed by atoms with Gasteiger partial charge in [-0.15, -0.1) is 0 Å². The molecule has 0 aliphatic heterocycles. The highest BCUT2D eigenvalue weighted by Gasteiger charge is 2.15. The Hall–Kier alpha value is -1.63. The molecule has 0 bridgehead atoms. The summed E-state index contributed by atoms with van der Waals surface area (Å²) in [5.74, 6) is -1.14. The lowest BCUT2D eigenvalue weighted by Gasteiger charge is -2.15. The van der Waals surface area contributed by atoms with Crippen LogP contribution in [0, 0.1) is 5.82 Å². The van der Waals surface area contributed by atoms with Gasteiger partial charge in [0.05, 0.1) is 30.5 Å². The van der Waals surface area contributed by atoms with Gasteiger partial charge in [0.1, 0.15) is 26.0 Å². The minimum atomic E-state index is -2.33. The summed E-state index contributed by atoms with van der Waals surface area (Å²) >= 11 is 12.3. The number of hydrogen-bond donors (Lipinski definition) is 2. The van der Waals surface area contributed by atoms with Crippen LogP contribution in [-0.2, 0) is 27.3 Å². The Morgan fingerprint density at radius 3 is 2.52 bits per heavy atom. The van der Waals surface area contributed by atoms with Gasteiger partial charge < -0.3 is 24.3 Å². The van der Waals surface area contributed by atoms with Crippen molar-refractivity contribution in [2.45, 2.75) is 25.7 Å². The molecule has 0 aliphatic carbocycles. The van der Waals surface area contributed by atoms with Crippen LogP contribution >= 0.6 is 31.0 Å². The first kappa shape index (κ1) is 23.6. The van der Waals surface area contributed by atoms with Crippen LogP contribution in [0.3, 0.4) is 0 Å². The number of carboxylic acids is 1. The minimum absolute atomic E-state index is 0.0137. The van der Waals surface area contributed by atoms with Gasteiger partial charge in [-0.3, -0.25) is 4.79 Å². The number of rotatable bonds is 11. The third-order valence-corrected chi connectivity index (χ3v) is 5.82. The smallest absolute Gasteiger partial charge is 0.305 e. The summed E-state index contributed by atoms with van der Waals surface area (Å²) in [6.45, 7) is 0.141. The molecule has 1 unspecified atom stereocenters. The fraction of sp³-hybridized carbons (Fsp3) is 0.316. The molecule has 0 saturated heterocycles. The van der Waals surface area contributed by atoms with Crippen LogP contribution in [-0.4, -0.2) is 34.8 Å². The van der Waals surface area contributed by atoms with Crippen molar-refractivity contribution < 1.29 is 33.4 Å². The number of hydrogen-bond acceptors (Lipinski definition) is 5. The molecular formula is C19H20Cl2FO6P. The Morgan fingerprint density at radius 1 is 1.17 bits per heavy atom. The van der Waals surface area contributed by atoms with Crippen LogP contribution in [0.5, 0.6) is 5.75 Å². The second kappa shape index (κ2) is 11.5. The van der Waals surface area contributed by atoms with Crippen molar-refractivity contribution in [3.63, 3.8) is 0 Å². The number of carbonyl (C=O) groups is 1. The lowest BCUT2D eigenvalue weighted by molar-refractivity contribution is -0.138. The molecule has 0 aliphatic rings. The van der Waals surface area contributed by atoms with E-state index in [0.29, 0.717) is 21.4 Å². The second-order valence-corrected chi connectivity index (χ2v) is 8.88. The van der Waals surface area contributed by atoms with E-state index in [0.717, 1.165) is 5.56 Å². The molecule has 2 N–H and O–H groups in total. The zero-order chi connectivity index (χ0) is 21.4. The number of aliphatic hydroxyl groups is 1. The zero-order valence-corrected chi connectivity index (χ0v) is 17.8. The minimum Gasteiger partial charge on any atom is -0.488 e. The number of aliphatic carboxylic acids is 1. The zero-order valence-electron chi connectivity index (χ0n) is 15.2. The third kappa shape index (κ3) is 8.33. The first-order chi connectivity index (χ1) is 13.7. The maximum absolute atomic E-state index is 13.0. The predicted molar refractivity (Wildman–Crippen MR) is 109 cm³/mol. The molecule has 10 heteroatoms. The van der Waals surface area contributed by atoms with Crippen molar-refractivity contribution >= 4 is 37.0 Å². The number of halogens is 3. The van der Waals surface area contributed by atoms with Crippen LogP contribution in [0.4, 0.5) is 4.39 Å².